The van der Waals surface area contributed by atoms with Crippen molar-refractivity contribution in [3.63, 3.8) is 0 Å². The minimum atomic E-state index is -0.543. The first-order valence-corrected chi connectivity index (χ1v) is 7.32. The topological polar surface area (TPSA) is 84.3 Å². The normalized spacial score (nSPS) is 11.6. The van der Waals surface area contributed by atoms with Crippen molar-refractivity contribution in [1.82, 2.24) is 0 Å². The maximum absolute atomic E-state index is 12.2. The number of non-ortho nitro benzene ring substituents is 1. The van der Waals surface area contributed by atoms with Crippen molar-refractivity contribution < 1.29 is 9.72 Å². The number of hydrogen-bond acceptors (Lipinski definition) is 4. The van der Waals surface area contributed by atoms with Gasteiger partial charge >= 0.3 is 0 Å². The number of hydrogen-bond donors (Lipinski definition) is 2. The van der Waals surface area contributed by atoms with Crippen molar-refractivity contribution >= 4 is 34.6 Å². The fourth-order valence-electron chi connectivity index (χ4n) is 1.93. The fraction of sp³-hybridized carbons (Fsp3) is 0.188. The minimum absolute atomic E-state index is 0.120. The summed E-state index contributed by atoms with van der Waals surface area (Å²) in [6, 6.07) is 11.1. The first-order valence-electron chi connectivity index (χ1n) is 6.95. The van der Waals surface area contributed by atoms with E-state index >= 15 is 0 Å². The summed E-state index contributed by atoms with van der Waals surface area (Å²) in [6.07, 6.45) is 0. The lowest BCUT2D eigenvalue weighted by atomic mass is 10.2. The summed E-state index contributed by atoms with van der Waals surface area (Å²) in [6.45, 7) is 3.70. The number of benzene rings is 2. The molecule has 1 unspecified atom stereocenters. The Hall–Kier alpha value is -2.60. The van der Waals surface area contributed by atoms with Gasteiger partial charge in [-0.25, -0.2) is 0 Å². The molecule has 0 aliphatic rings. The number of halogens is 1. The third-order valence-electron chi connectivity index (χ3n) is 3.25. The number of anilines is 2. The van der Waals surface area contributed by atoms with Gasteiger partial charge in [-0.3, -0.25) is 14.9 Å². The van der Waals surface area contributed by atoms with Gasteiger partial charge in [-0.2, -0.15) is 0 Å². The second-order valence-corrected chi connectivity index (χ2v) is 5.55. The van der Waals surface area contributed by atoms with Crippen LogP contribution in [0, 0.1) is 17.0 Å². The Morgan fingerprint density at radius 1 is 1.22 bits per heavy atom. The summed E-state index contributed by atoms with van der Waals surface area (Å²) in [5.41, 5.74) is 2.16. The van der Waals surface area contributed by atoms with Crippen LogP contribution in [0.25, 0.3) is 0 Å². The number of nitrogens with zero attached hydrogens (tertiary/aromatic N) is 1. The maximum atomic E-state index is 12.2. The first-order chi connectivity index (χ1) is 10.9. The Bertz CT molecular complexity index is 732. The molecule has 120 valence electrons. The molecular formula is C16H16ClN3O3. The Balaban J connectivity index is 2.03. The SMILES string of the molecule is Cc1ccc(NC(C)C(=O)Nc2ccc([N+](=O)[O-])cc2Cl)cc1. The summed E-state index contributed by atoms with van der Waals surface area (Å²) in [5.74, 6) is -0.290. The fourth-order valence-corrected chi connectivity index (χ4v) is 2.15. The Kier molecular flexibility index (Phi) is 5.18. The molecule has 7 heteroatoms. The van der Waals surface area contributed by atoms with Gasteiger partial charge in [0.15, 0.2) is 0 Å². The van der Waals surface area contributed by atoms with E-state index < -0.39 is 11.0 Å². The van der Waals surface area contributed by atoms with Crippen LogP contribution in [0.1, 0.15) is 12.5 Å². The van der Waals surface area contributed by atoms with Gasteiger partial charge in [-0.15, -0.1) is 0 Å². The van der Waals surface area contributed by atoms with Gasteiger partial charge in [0.2, 0.25) is 5.91 Å². The monoisotopic (exact) mass is 333 g/mol. The van der Waals surface area contributed by atoms with Crippen LogP contribution in [-0.4, -0.2) is 16.9 Å². The molecule has 2 rings (SSSR count). The summed E-state index contributed by atoms with van der Waals surface area (Å²) in [7, 11) is 0. The number of carbonyl (C=O) groups is 1. The van der Waals surface area contributed by atoms with E-state index in [9.17, 15) is 14.9 Å². The molecule has 0 spiro atoms. The molecule has 0 saturated carbocycles. The number of rotatable bonds is 5. The average Bonchev–Trinajstić information content (AvgIpc) is 2.51. The standard InChI is InChI=1S/C16H16ClN3O3/c1-10-3-5-12(6-4-10)18-11(2)16(21)19-15-8-7-13(20(22)23)9-14(15)17/h3-9,11,18H,1-2H3,(H,19,21). The second kappa shape index (κ2) is 7.11. The molecule has 2 aromatic rings. The number of nitrogens with one attached hydrogen (secondary N) is 2. The molecule has 23 heavy (non-hydrogen) atoms. The first kappa shape index (κ1) is 16.8. The van der Waals surface area contributed by atoms with E-state index in [-0.39, 0.29) is 16.6 Å². The van der Waals surface area contributed by atoms with E-state index in [0.717, 1.165) is 11.3 Å². The molecule has 2 N–H and O–H groups in total. The number of carbonyl (C=O) groups excluding carboxylic acids is 1. The lowest BCUT2D eigenvalue weighted by Crippen LogP contribution is -2.31. The summed E-state index contributed by atoms with van der Waals surface area (Å²) >= 11 is 5.96. The van der Waals surface area contributed by atoms with Crippen LogP contribution in [0.4, 0.5) is 17.1 Å². The predicted molar refractivity (Wildman–Crippen MR) is 91.0 cm³/mol. The molecule has 1 atom stereocenters. The maximum Gasteiger partial charge on any atom is 0.271 e. The van der Waals surface area contributed by atoms with Gasteiger partial charge in [0.1, 0.15) is 6.04 Å². The van der Waals surface area contributed by atoms with E-state index in [0.29, 0.717) is 5.69 Å². The van der Waals surface area contributed by atoms with Crippen LogP contribution in [0.3, 0.4) is 0 Å². The highest BCUT2D eigenvalue weighted by Crippen LogP contribution is 2.26. The molecule has 0 aromatic heterocycles. The molecule has 0 saturated heterocycles. The molecule has 0 bridgehead atoms. The molecule has 0 radical (unpaired) electrons. The molecule has 6 nitrogen and oxygen atoms in total. The van der Waals surface area contributed by atoms with Crippen LogP contribution in [0.15, 0.2) is 42.5 Å². The average molecular weight is 334 g/mol. The van der Waals surface area contributed by atoms with E-state index in [1.807, 2.05) is 31.2 Å². The van der Waals surface area contributed by atoms with Crippen LogP contribution >= 0.6 is 11.6 Å². The van der Waals surface area contributed by atoms with Gasteiger partial charge < -0.3 is 10.6 Å². The Morgan fingerprint density at radius 2 is 1.87 bits per heavy atom. The summed E-state index contributed by atoms with van der Waals surface area (Å²) in [5, 5.41) is 16.5. The summed E-state index contributed by atoms with van der Waals surface area (Å²) in [4.78, 5) is 22.3. The number of aryl methyl sites for hydroxylation is 1. The van der Waals surface area contributed by atoms with E-state index in [1.54, 1.807) is 6.92 Å². The van der Waals surface area contributed by atoms with Gasteiger partial charge in [-0.1, -0.05) is 29.3 Å². The zero-order chi connectivity index (χ0) is 17.0. The van der Waals surface area contributed by atoms with Gasteiger partial charge in [-0.05, 0) is 32.0 Å². The largest absolute Gasteiger partial charge is 0.374 e. The summed E-state index contributed by atoms with van der Waals surface area (Å²) < 4.78 is 0. The van der Waals surface area contributed by atoms with E-state index in [4.69, 9.17) is 11.6 Å². The lowest BCUT2D eigenvalue weighted by molar-refractivity contribution is -0.384. The third kappa shape index (κ3) is 4.43. The third-order valence-corrected chi connectivity index (χ3v) is 3.56. The lowest BCUT2D eigenvalue weighted by Gasteiger charge is -2.16. The molecule has 0 fully saturated rings. The van der Waals surface area contributed by atoms with Crippen LogP contribution in [0.5, 0.6) is 0 Å². The molecule has 0 aliphatic heterocycles. The van der Waals surface area contributed by atoms with Gasteiger partial charge in [0, 0.05) is 17.8 Å². The van der Waals surface area contributed by atoms with Crippen LogP contribution in [-0.2, 0) is 4.79 Å². The number of nitro benzene ring substituents is 1. The molecule has 1 amide bonds. The van der Waals surface area contributed by atoms with Crippen LogP contribution in [0.2, 0.25) is 5.02 Å². The minimum Gasteiger partial charge on any atom is -0.374 e. The smallest absolute Gasteiger partial charge is 0.271 e. The Morgan fingerprint density at radius 3 is 2.43 bits per heavy atom. The van der Waals surface area contributed by atoms with Gasteiger partial charge in [0.05, 0.1) is 15.6 Å². The highest BCUT2D eigenvalue weighted by Gasteiger charge is 2.16. The zero-order valence-electron chi connectivity index (χ0n) is 12.7. The highest BCUT2D eigenvalue weighted by molar-refractivity contribution is 6.34. The molecule has 2 aromatic carbocycles. The highest BCUT2D eigenvalue weighted by atomic mass is 35.5. The van der Waals surface area contributed by atoms with E-state index in [2.05, 4.69) is 10.6 Å². The van der Waals surface area contributed by atoms with E-state index in [1.165, 1.54) is 18.2 Å². The predicted octanol–water partition coefficient (Wildman–Crippen LogP) is 4.00. The van der Waals surface area contributed by atoms with Crippen LogP contribution < -0.4 is 10.6 Å². The Labute approximate surface area is 138 Å². The van der Waals surface area contributed by atoms with Crippen molar-refractivity contribution in [1.29, 1.82) is 0 Å². The number of amides is 1. The van der Waals surface area contributed by atoms with Crippen molar-refractivity contribution in [3.05, 3.63) is 63.2 Å². The number of nitro groups is 1. The quantitative estimate of drug-likeness (QED) is 0.640. The second-order valence-electron chi connectivity index (χ2n) is 5.14. The molecule has 0 heterocycles. The van der Waals surface area contributed by atoms with Crippen molar-refractivity contribution in [3.8, 4) is 0 Å². The molecule has 0 aliphatic carbocycles. The van der Waals surface area contributed by atoms with Crippen molar-refractivity contribution in [2.45, 2.75) is 19.9 Å². The van der Waals surface area contributed by atoms with Gasteiger partial charge in [0.25, 0.3) is 5.69 Å². The zero-order valence-corrected chi connectivity index (χ0v) is 13.4. The molecular weight excluding hydrogens is 318 g/mol. The van der Waals surface area contributed by atoms with Crippen molar-refractivity contribution in [2.75, 3.05) is 10.6 Å². The van der Waals surface area contributed by atoms with Crippen molar-refractivity contribution in [2.24, 2.45) is 0 Å².